The summed E-state index contributed by atoms with van der Waals surface area (Å²) in [5.74, 6) is 1.39. The first kappa shape index (κ1) is 23.2. The molecule has 0 radical (unpaired) electrons. The second kappa shape index (κ2) is 8.44. The average molecular weight is 466 g/mol. The molecule has 3 aromatic heterocycles. The number of pyridine rings is 2. The monoisotopic (exact) mass is 465 g/mol. The van der Waals surface area contributed by atoms with Crippen molar-refractivity contribution in [2.24, 2.45) is 0 Å². The molecule has 0 spiro atoms. The number of aromatic nitrogens is 4. The minimum Gasteiger partial charge on any atom is -0.472 e. The molecule has 0 fully saturated rings. The van der Waals surface area contributed by atoms with Gasteiger partial charge in [0, 0.05) is 24.2 Å². The summed E-state index contributed by atoms with van der Waals surface area (Å²) in [6.45, 7) is 10.5. The van der Waals surface area contributed by atoms with E-state index in [2.05, 4.69) is 15.0 Å². The number of carbonyl (C=O) groups excluding carboxylic acids is 2. The van der Waals surface area contributed by atoms with Gasteiger partial charge >= 0.3 is 12.2 Å². The highest BCUT2D eigenvalue weighted by Crippen LogP contribution is 2.38. The van der Waals surface area contributed by atoms with Crippen LogP contribution in [-0.4, -0.2) is 42.9 Å². The molecule has 10 heteroatoms. The van der Waals surface area contributed by atoms with Crippen molar-refractivity contribution in [3.8, 4) is 28.4 Å². The van der Waals surface area contributed by atoms with Gasteiger partial charge in [-0.25, -0.2) is 19.6 Å². The van der Waals surface area contributed by atoms with Gasteiger partial charge in [-0.15, -0.1) is 0 Å². The third kappa shape index (κ3) is 4.70. The summed E-state index contributed by atoms with van der Waals surface area (Å²) in [7, 11) is 0. The number of anilines is 1. The van der Waals surface area contributed by atoms with Gasteiger partial charge in [-0.1, -0.05) is 0 Å². The van der Waals surface area contributed by atoms with Crippen molar-refractivity contribution in [1.29, 1.82) is 0 Å². The fourth-order valence-electron chi connectivity index (χ4n) is 3.38. The summed E-state index contributed by atoms with van der Waals surface area (Å²) in [5.41, 5.74) is 0.138. The number of hydrogen-bond donors (Lipinski definition) is 0. The Labute approximate surface area is 197 Å². The molecule has 1 aliphatic heterocycles. The van der Waals surface area contributed by atoms with Crippen molar-refractivity contribution in [2.45, 2.75) is 59.5 Å². The predicted octanol–water partition coefficient (Wildman–Crippen LogP) is 5.03. The van der Waals surface area contributed by atoms with Gasteiger partial charge in [0.25, 0.3) is 0 Å². The maximum absolute atomic E-state index is 13.2. The quantitative estimate of drug-likeness (QED) is 0.518. The van der Waals surface area contributed by atoms with Crippen LogP contribution in [0.3, 0.4) is 0 Å². The van der Waals surface area contributed by atoms with E-state index < -0.39 is 23.4 Å². The predicted molar refractivity (Wildman–Crippen MR) is 124 cm³/mol. The molecule has 0 saturated carbocycles. The third-order valence-corrected chi connectivity index (χ3v) is 4.65. The number of rotatable bonds is 2. The Bertz CT molecular complexity index is 1210. The van der Waals surface area contributed by atoms with Crippen LogP contribution in [0.15, 0.2) is 43.0 Å². The van der Waals surface area contributed by atoms with Gasteiger partial charge in [-0.05, 0) is 59.7 Å². The lowest BCUT2D eigenvalue weighted by Gasteiger charge is -2.29. The molecule has 0 unspecified atom stereocenters. The van der Waals surface area contributed by atoms with Crippen molar-refractivity contribution in [3.05, 3.63) is 43.0 Å². The topological polar surface area (TPSA) is 109 Å². The lowest BCUT2D eigenvalue weighted by atomic mass is 10.1. The van der Waals surface area contributed by atoms with Gasteiger partial charge < -0.3 is 14.2 Å². The molecule has 178 valence electrons. The van der Waals surface area contributed by atoms with Crippen LogP contribution in [-0.2, 0) is 16.2 Å². The van der Waals surface area contributed by atoms with E-state index >= 15 is 0 Å². The number of hydrogen-bond acceptors (Lipinski definition) is 8. The van der Waals surface area contributed by atoms with E-state index in [4.69, 9.17) is 14.2 Å². The van der Waals surface area contributed by atoms with Gasteiger partial charge in [0.2, 0.25) is 0 Å². The zero-order chi connectivity index (χ0) is 24.7. The van der Waals surface area contributed by atoms with Crippen LogP contribution in [0, 0.1) is 0 Å². The number of ether oxygens (including phenoxy) is 3. The molecular formula is C24H27N5O5. The summed E-state index contributed by atoms with van der Waals surface area (Å²) in [5, 5.41) is 0. The number of fused-ring (bicyclic) bond motifs is 3. The molecule has 2 amide bonds. The van der Waals surface area contributed by atoms with Crippen molar-refractivity contribution < 1.29 is 23.8 Å². The zero-order valence-corrected chi connectivity index (χ0v) is 20.0. The lowest BCUT2D eigenvalue weighted by molar-refractivity contribution is 0.0429. The van der Waals surface area contributed by atoms with Gasteiger partial charge in [-0.2, -0.15) is 4.90 Å². The van der Waals surface area contributed by atoms with Crippen molar-refractivity contribution in [3.63, 3.8) is 0 Å². The van der Waals surface area contributed by atoms with Gasteiger partial charge in [0.15, 0.2) is 12.5 Å². The minimum atomic E-state index is -0.897. The Balaban J connectivity index is 1.82. The van der Waals surface area contributed by atoms with E-state index in [0.29, 0.717) is 22.8 Å². The van der Waals surface area contributed by atoms with E-state index in [9.17, 15) is 9.59 Å². The molecule has 0 aromatic carbocycles. The summed E-state index contributed by atoms with van der Waals surface area (Å²) in [6.07, 6.45) is 4.66. The standard InChI is InChI=1S/C24H27N5O5/c1-23(2,3)33-21(30)29(22(31)34-24(4,5)6)20-15(8-7-10-26-20)17-13-27-19-16-12-25-11-9-18(16)32-14-28(17)19/h7-13H,14H2,1-6H3. The fraction of sp³-hybridized carbons (Fsp3) is 0.375. The van der Waals surface area contributed by atoms with Crippen LogP contribution in [0.25, 0.3) is 22.6 Å². The van der Waals surface area contributed by atoms with Crippen LogP contribution in [0.2, 0.25) is 0 Å². The fourth-order valence-corrected chi connectivity index (χ4v) is 3.38. The number of imide groups is 1. The molecule has 34 heavy (non-hydrogen) atoms. The number of carbonyl (C=O) groups is 2. The van der Waals surface area contributed by atoms with Gasteiger partial charge in [0.05, 0.1) is 17.5 Å². The molecule has 0 bridgehead atoms. The summed E-state index contributed by atoms with van der Waals surface area (Å²) < 4.78 is 18.7. The van der Waals surface area contributed by atoms with Crippen LogP contribution in [0.4, 0.5) is 15.4 Å². The highest BCUT2D eigenvalue weighted by molar-refractivity contribution is 6.11. The Morgan fingerprint density at radius 3 is 2.26 bits per heavy atom. The van der Waals surface area contributed by atoms with E-state index in [1.54, 1.807) is 78.3 Å². The van der Waals surface area contributed by atoms with Crippen molar-refractivity contribution in [2.75, 3.05) is 4.90 Å². The minimum absolute atomic E-state index is 0.0608. The molecule has 1 aliphatic rings. The molecule has 4 heterocycles. The zero-order valence-electron chi connectivity index (χ0n) is 20.0. The van der Waals surface area contributed by atoms with Gasteiger partial charge in [0.1, 0.15) is 22.8 Å². The summed E-state index contributed by atoms with van der Waals surface area (Å²) >= 11 is 0. The first-order valence-electron chi connectivity index (χ1n) is 10.8. The highest BCUT2D eigenvalue weighted by atomic mass is 16.6. The molecule has 3 aromatic rings. The van der Waals surface area contributed by atoms with E-state index in [-0.39, 0.29) is 12.5 Å². The molecule has 4 rings (SSSR count). The van der Waals surface area contributed by atoms with Crippen LogP contribution in [0.1, 0.15) is 41.5 Å². The van der Waals surface area contributed by atoms with Gasteiger partial charge in [-0.3, -0.25) is 9.55 Å². The Hall–Kier alpha value is -3.95. The lowest BCUT2D eigenvalue weighted by Crippen LogP contribution is -2.44. The van der Waals surface area contributed by atoms with E-state index in [1.165, 1.54) is 6.20 Å². The number of nitrogens with zero attached hydrogens (tertiary/aromatic N) is 5. The second-order valence-corrected chi connectivity index (χ2v) is 9.71. The highest BCUT2D eigenvalue weighted by Gasteiger charge is 2.36. The maximum atomic E-state index is 13.2. The normalized spacial score (nSPS) is 12.8. The molecule has 10 nitrogen and oxygen atoms in total. The molecule has 0 saturated heterocycles. The maximum Gasteiger partial charge on any atom is 0.425 e. The SMILES string of the molecule is CC(C)(C)OC(=O)N(C(=O)OC(C)(C)C)c1ncccc1-c1cnc2n1COc1ccncc1-2. The van der Waals surface area contributed by atoms with Crippen LogP contribution in [0.5, 0.6) is 5.75 Å². The number of imidazole rings is 1. The smallest absolute Gasteiger partial charge is 0.425 e. The van der Waals surface area contributed by atoms with Crippen LogP contribution < -0.4 is 9.64 Å². The molecule has 0 aliphatic carbocycles. The molecule has 0 N–H and O–H groups in total. The Kier molecular flexibility index (Phi) is 5.76. The van der Waals surface area contributed by atoms with Crippen molar-refractivity contribution in [1.82, 2.24) is 19.5 Å². The van der Waals surface area contributed by atoms with E-state index in [0.717, 1.165) is 10.5 Å². The Morgan fingerprint density at radius 2 is 1.62 bits per heavy atom. The van der Waals surface area contributed by atoms with Crippen molar-refractivity contribution >= 4 is 18.0 Å². The first-order chi connectivity index (χ1) is 15.9. The Morgan fingerprint density at radius 1 is 0.941 bits per heavy atom. The first-order valence-corrected chi connectivity index (χ1v) is 10.8. The largest absolute Gasteiger partial charge is 0.472 e. The number of amides is 2. The molecule has 0 atom stereocenters. The average Bonchev–Trinajstić information content (AvgIpc) is 3.16. The molecular weight excluding hydrogens is 438 g/mol. The summed E-state index contributed by atoms with van der Waals surface area (Å²) in [4.78, 5) is 40.2. The second-order valence-electron chi connectivity index (χ2n) is 9.71. The van der Waals surface area contributed by atoms with E-state index in [1.807, 2.05) is 4.57 Å². The van der Waals surface area contributed by atoms with Crippen LogP contribution >= 0.6 is 0 Å². The third-order valence-electron chi connectivity index (χ3n) is 4.65. The summed E-state index contributed by atoms with van der Waals surface area (Å²) in [6, 6.07) is 5.23.